The minimum Gasteiger partial charge on any atom is -0.481 e. The number of fused-ring (bicyclic) bond motifs is 1. The number of ether oxygens (including phenoxy) is 1. The minimum atomic E-state index is -0.899. The predicted octanol–water partition coefficient (Wildman–Crippen LogP) is 2.88. The molecule has 0 aliphatic heterocycles. The van der Waals surface area contributed by atoms with E-state index in [1.165, 1.54) is 6.07 Å². The van der Waals surface area contributed by atoms with Crippen molar-refractivity contribution in [1.29, 1.82) is 0 Å². The quantitative estimate of drug-likeness (QED) is 0.489. The van der Waals surface area contributed by atoms with Crippen LogP contribution in [-0.2, 0) is 16.0 Å². The number of unbranched alkanes of at least 4 members (excludes halogenated alkanes) is 1. The first-order chi connectivity index (χ1) is 12.9. The Morgan fingerprint density at radius 2 is 2.04 bits per heavy atom. The Morgan fingerprint density at radius 1 is 1.26 bits per heavy atom. The second-order valence-corrected chi connectivity index (χ2v) is 6.40. The molecule has 0 saturated carbocycles. The third kappa shape index (κ3) is 6.13. The molecule has 2 rings (SSSR count). The molecule has 1 amide bonds. The van der Waals surface area contributed by atoms with E-state index in [1.807, 2.05) is 6.07 Å². The van der Waals surface area contributed by atoms with Crippen molar-refractivity contribution in [2.75, 3.05) is 6.54 Å². The number of carboxylic acid groups (broad SMARTS) is 1. The second-order valence-electron chi connectivity index (χ2n) is 6.40. The molecule has 27 heavy (non-hydrogen) atoms. The van der Waals surface area contributed by atoms with Crippen LogP contribution in [0, 0.1) is 0 Å². The first kappa shape index (κ1) is 20.5. The number of hydrogen-bond acceptors (Lipinski definition) is 5. The van der Waals surface area contributed by atoms with Crippen molar-refractivity contribution < 1.29 is 23.8 Å². The zero-order chi connectivity index (χ0) is 19.8. The Kier molecular flexibility index (Phi) is 7.40. The summed E-state index contributed by atoms with van der Waals surface area (Å²) >= 11 is 0. The molecule has 7 nitrogen and oxygen atoms in total. The molecule has 2 N–H and O–H groups in total. The van der Waals surface area contributed by atoms with E-state index in [0.717, 1.165) is 30.2 Å². The van der Waals surface area contributed by atoms with Gasteiger partial charge in [0.15, 0.2) is 6.10 Å². The van der Waals surface area contributed by atoms with Gasteiger partial charge in [0.2, 0.25) is 0 Å². The van der Waals surface area contributed by atoms with Crippen molar-refractivity contribution >= 4 is 22.8 Å². The van der Waals surface area contributed by atoms with Gasteiger partial charge in [-0.05, 0) is 43.9 Å². The topological polar surface area (TPSA) is 106 Å². The van der Waals surface area contributed by atoms with E-state index in [2.05, 4.69) is 12.2 Å². The number of rotatable bonds is 10. The van der Waals surface area contributed by atoms with Gasteiger partial charge < -0.3 is 19.6 Å². The SMILES string of the molecule is CCCCc1cc(=O)oc2cc(O[C@@H](C)C(=O)NCCCC(=O)O)ccc12. The zero-order valence-electron chi connectivity index (χ0n) is 15.6. The Morgan fingerprint density at radius 3 is 2.74 bits per heavy atom. The van der Waals surface area contributed by atoms with Crippen LogP contribution in [0.4, 0.5) is 0 Å². The average Bonchev–Trinajstić information content (AvgIpc) is 2.62. The molecule has 1 heterocycles. The van der Waals surface area contributed by atoms with Crippen LogP contribution in [0.15, 0.2) is 33.5 Å². The molecule has 2 aromatic rings. The first-order valence-electron chi connectivity index (χ1n) is 9.13. The maximum absolute atomic E-state index is 12.0. The highest BCUT2D eigenvalue weighted by Crippen LogP contribution is 2.24. The van der Waals surface area contributed by atoms with Gasteiger partial charge in [-0.15, -0.1) is 0 Å². The third-order valence-electron chi connectivity index (χ3n) is 4.15. The number of carboxylic acids is 1. The number of amides is 1. The lowest BCUT2D eigenvalue weighted by Crippen LogP contribution is -2.36. The molecule has 146 valence electrons. The lowest BCUT2D eigenvalue weighted by molar-refractivity contribution is -0.137. The standard InChI is InChI=1S/C20H25NO6/c1-3-4-6-14-11-19(24)27-17-12-15(8-9-16(14)17)26-13(2)20(25)21-10-5-7-18(22)23/h8-9,11-13H,3-7,10H2,1-2H3,(H,21,25)(H,22,23)/t13-/m0/s1. The fourth-order valence-corrected chi connectivity index (χ4v) is 2.71. The molecule has 0 spiro atoms. The normalized spacial score (nSPS) is 11.9. The molecular weight excluding hydrogens is 350 g/mol. The van der Waals surface area contributed by atoms with E-state index in [4.69, 9.17) is 14.3 Å². The summed E-state index contributed by atoms with van der Waals surface area (Å²) < 4.78 is 10.9. The Hall–Kier alpha value is -2.83. The van der Waals surface area contributed by atoms with Crippen LogP contribution < -0.4 is 15.7 Å². The van der Waals surface area contributed by atoms with Gasteiger partial charge >= 0.3 is 11.6 Å². The van der Waals surface area contributed by atoms with Gasteiger partial charge in [0.05, 0.1) is 0 Å². The molecule has 0 aliphatic rings. The van der Waals surface area contributed by atoms with E-state index in [-0.39, 0.29) is 18.9 Å². The number of hydrogen-bond donors (Lipinski definition) is 2. The number of carbonyl (C=O) groups is 2. The molecule has 0 fully saturated rings. The summed E-state index contributed by atoms with van der Waals surface area (Å²) in [7, 11) is 0. The smallest absolute Gasteiger partial charge is 0.336 e. The number of nitrogens with one attached hydrogen (secondary N) is 1. The number of aliphatic carboxylic acids is 1. The van der Waals surface area contributed by atoms with Gasteiger partial charge in [0.1, 0.15) is 11.3 Å². The zero-order valence-corrected chi connectivity index (χ0v) is 15.6. The van der Waals surface area contributed by atoms with Crippen LogP contribution in [0.5, 0.6) is 5.75 Å². The molecule has 0 aliphatic carbocycles. The van der Waals surface area contributed by atoms with Crippen molar-refractivity contribution in [2.24, 2.45) is 0 Å². The summed E-state index contributed by atoms with van der Waals surface area (Å²) in [5.74, 6) is -0.811. The lowest BCUT2D eigenvalue weighted by Gasteiger charge is -2.15. The Balaban J connectivity index is 2.05. The maximum atomic E-state index is 12.0. The first-order valence-corrected chi connectivity index (χ1v) is 9.13. The summed E-state index contributed by atoms with van der Waals surface area (Å²) in [4.78, 5) is 34.3. The van der Waals surface area contributed by atoms with Crippen LogP contribution in [0.1, 0.15) is 45.1 Å². The van der Waals surface area contributed by atoms with Crippen LogP contribution in [0.25, 0.3) is 11.0 Å². The highest BCUT2D eigenvalue weighted by atomic mass is 16.5. The van der Waals surface area contributed by atoms with E-state index in [1.54, 1.807) is 19.1 Å². The molecule has 0 radical (unpaired) electrons. The van der Waals surface area contributed by atoms with Crippen molar-refractivity contribution in [3.8, 4) is 5.75 Å². The summed E-state index contributed by atoms with van der Waals surface area (Å²) in [6, 6.07) is 6.70. The number of aryl methyl sites for hydroxylation is 1. The highest BCUT2D eigenvalue weighted by Gasteiger charge is 2.15. The fourth-order valence-electron chi connectivity index (χ4n) is 2.71. The van der Waals surface area contributed by atoms with Crippen molar-refractivity contribution in [2.45, 2.75) is 52.1 Å². The molecule has 1 aromatic carbocycles. The molecule has 7 heteroatoms. The molecule has 0 unspecified atom stereocenters. The van der Waals surface area contributed by atoms with E-state index in [9.17, 15) is 14.4 Å². The van der Waals surface area contributed by atoms with E-state index in [0.29, 0.717) is 17.8 Å². The number of carbonyl (C=O) groups excluding carboxylic acids is 1. The van der Waals surface area contributed by atoms with Crippen LogP contribution >= 0.6 is 0 Å². The number of benzene rings is 1. The predicted molar refractivity (Wildman–Crippen MR) is 101 cm³/mol. The molecule has 0 bridgehead atoms. The van der Waals surface area contributed by atoms with Crippen molar-refractivity contribution in [3.05, 3.63) is 40.2 Å². The largest absolute Gasteiger partial charge is 0.481 e. The third-order valence-corrected chi connectivity index (χ3v) is 4.15. The highest BCUT2D eigenvalue weighted by molar-refractivity contribution is 5.83. The van der Waals surface area contributed by atoms with Crippen molar-refractivity contribution in [3.63, 3.8) is 0 Å². The fraction of sp³-hybridized carbons (Fsp3) is 0.450. The van der Waals surface area contributed by atoms with E-state index < -0.39 is 17.7 Å². The van der Waals surface area contributed by atoms with Gasteiger partial charge in [0.25, 0.3) is 5.91 Å². The van der Waals surface area contributed by atoms with Gasteiger partial charge in [0, 0.05) is 30.5 Å². The minimum absolute atomic E-state index is 0.000407. The average molecular weight is 375 g/mol. The molecule has 0 saturated heterocycles. The summed E-state index contributed by atoms with van der Waals surface area (Å²) in [6.07, 6.45) is 2.41. The second kappa shape index (κ2) is 9.75. The Bertz CT molecular complexity index is 857. The van der Waals surface area contributed by atoms with Crippen LogP contribution in [0.2, 0.25) is 0 Å². The van der Waals surface area contributed by atoms with E-state index >= 15 is 0 Å². The van der Waals surface area contributed by atoms with Gasteiger partial charge in [-0.2, -0.15) is 0 Å². The monoisotopic (exact) mass is 375 g/mol. The maximum Gasteiger partial charge on any atom is 0.336 e. The molecule has 1 aromatic heterocycles. The van der Waals surface area contributed by atoms with Crippen LogP contribution in [-0.4, -0.2) is 29.6 Å². The summed E-state index contributed by atoms with van der Waals surface area (Å²) in [5, 5.41) is 12.1. The van der Waals surface area contributed by atoms with Crippen LogP contribution in [0.3, 0.4) is 0 Å². The van der Waals surface area contributed by atoms with Crippen molar-refractivity contribution in [1.82, 2.24) is 5.32 Å². The molecule has 1 atom stereocenters. The summed E-state index contributed by atoms with van der Waals surface area (Å²) in [6.45, 7) is 3.96. The van der Waals surface area contributed by atoms with Gasteiger partial charge in [-0.3, -0.25) is 9.59 Å². The summed E-state index contributed by atoms with van der Waals surface area (Å²) in [5.41, 5.74) is 0.967. The lowest BCUT2D eigenvalue weighted by atomic mass is 10.0. The molecular formula is C20H25NO6. The van der Waals surface area contributed by atoms with Gasteiger partial charge in [-0.1, -0.05) is 13.3 Å². The van der Waals surface area contributed by atoms with Gasteiger partial charge in [-0.25, -0.2) is 4.79 Å². The Labute approximate surface area is 157 Å².